The monoisotopic (exact) mass is 450 g/mol. The van der Waals surface area contributed by atoms with E-state index in [1.54, 1.807) is 0 Å². The molecule has 0 aliphatic heterocycles. The Balaban J connectivity index is 3.35. The van der Waals surface area contributed by atoms with Crippen LogP contribution in [0.4, 0.5) is 0 Å². The molecule has 0 atom stereocenters. The summed E-state index contributed by atoms with van der Waals surface area (Å²) in [5.41, 5.74) is 2.39. The van der Waals surface area contributed by atoms with E-state index in [4.69, 9.17) is 24.8 Å². The molecule has 0 heterocycles. The van der Waals surface area contributed by atoms with E-state index >= 15 is 0 Å². The quantitative estimate of drug-likeness (QED) is 0.0406. The first-order valence-corrected chi connectivity index (χ1v) is 9.81. The summed E-state index contributed by atoms with van der Waals surface area (Å²) in [7, 11) is 0. The third-order valence-corrected chi connectivity index (χ3v) is 3.29. The van der Waals surface area contributed by atoms with E-state index in [2.05, 4.69) is 26.7 Å². The van der Waals surface area contributed by atoms with Gasteiger partial charge in [0.15, 0.2) is 0 Å². The molecule has 0 spiro atoms. The van der Waals surface area contributed by atoms with E-state index in [-0.39, 0.29) is 58.0 Å². The maximum absolute atomic E-state index is 11.5. The summed E-state index contributed by atoms with van der Waals surface area (Å²) in [5.74, 6) is 4.05. The van der Waals surface area contributed by atoms with Crippen molar-refractivity contribution in [2.75, 3.05) is 85.6 Å². The lowest BCUT2D eigenvalue weighted by Crippen LogP contribution is -2.41. The Labute approximate surface area is 181 Å². The normalized spacial score (nSPS) is 10.4. The predicted molar refractivity (Wildman–Crippen MR) is 109 cm³/mol. The van der Waals surface area contributed by atoms with Crippen LogP contribution in [-0.2, 0) is 38.1 Å². The van der Waals surface area contributed by atoms with Gasteiger partial charge >= 0.3 is 0 Å². The maximum Gasteiger partial charge on any atom is 0.246 e. The van der Waals surface area contributed by atoms with Crippen molar-refractivity contribution in [2.45, 2.75) is 0 Å². The number of carbonyl (C=O) groups excluding carboxylic acids is 4. The molecule has 14 heteroatoms. The van der Waals surface area contributed by atoms with Crippen molar-refractivity contribution in [3.63, 3.8) is 0 Å². The molecular weight excluding hydrogens is 416 g/mol. The fraction of sp³-hybridized carbons (Fsp3) is 0.765. The number of hydrogen-bond donors (Lipinski definition) is 6. The molecule has 7 N–H and O–H groups in total. The van der Waals surface area contributed by atoms with Gasteiger partial charge in [0.2, 0.25) is 24.1 Å². The van der Waals surface area contributed by atoms with Crippen molar-refractivity contribution in [1.29, 1.82) is 0 Å². The van der Waals surface area contributed by atoms with Crippen molar-refractivity contribution in [2.24, 2.45) is 5.84 Å². The van der Waals surface area contributed by atoms with Crippen molar-refractivity contribution >= 4 is 24.1 Å². The number of amides is 4. The average molecular weight is 450 g/mol. The SMILES string of the molecule is NNCCNC(=O)CNC(=O)COCCOCCNC(=O)COCCOCCNC=O. The lowest BCUT2D eigenvalue weighted by Gasteiger charge is -2.09. The molecule has 0 aromatic heterocycles. The van der Waals surface area contributed by atoms with E-state index in [0.29, 0.717) is 45.8 Å². The minimum absolute atomic E-state index is 0.0872. The van der Waals surface area contributed by atoms with Gasteiger partial charge in [-0.3, -0.25) is 30.4 Å². The molecule has 0 bridgehead atoms. The van der Waals surface area contributed by atoms with Gasteiger partial charge in [-0.05, 0) is 0 Å². The largest absolute Gasteiger partial charge is 0.377 e. The lowest BCUT2D eigenvalue weighted by molar-refractivity contribution is -0.129. The third-order valence-electron chi connectivity index (χ3n) is 3.29. The number of ether oxygens (including phenoxy) is 4. The Morgan fingerprint density at radius 1 is 0.645 bits per heavy atom. The number of nitrogens with two attached hydrogens (primary N) is 1. The molecule has 4 amide bonds. The Morgan fingerprint density at radius 3 is 1.81 bits per heavy atom. The molecule has 0 saturated heterocycles. The highest BCUT2D eigenvalue weighted by atomic mass is 16.5. The summed E-state index contributed by atoms with van der Waals surface area (Å²) in [6.45, 7) is 2.83. The van der Waals surface area contributed by atoms with E-state index in [9.17, 15) is 19.2 Å². The Kier molecular flexibility index (Phi) is 20.6. The first-order valence-electron chi connectivity index (χ1n) is 9.81. The average Bonchev–Trinajstić information content (AvgIpc) is 2.76. The van der Waals surface area contributed by atoms with E-state index in [0.717, 1.165) is 0 Å². The fourth-order valence-electron chi connectivity index (χ4n) is 1.84. The zero-order valence-electron chi connectivity index (χ0n) is 17.6. The number of carbonyl (C=O) groups is 4. The number of rotatable bonds is 22. The second-order valence-electron chi connectivity index (χ2n) is 5.83. The van der Waals surface area contributed by atoms with Gasteiger partial charge in [-0.25, -0.2) is 0 Å². The van der Waals surface area contributed by atoms with Gasteiger partial charge in [-0.2, -0.15) is 0 Å². The summed E-state index contributed by atoms with van der Waals surface area (Å²) in [5, 5.41) is 10.1. The fourth-order valence-corrected chi connectivity index (χ4v) is 1.84. The molecule has 0 aliphatic rings. The maximum atomic E-state index is 11.5. The molecule has 0 aromatic rings. The number of nitrogens with one attached hydrogen (secondary N) is 5. The van der Waals surface area contributed by atoms with Gasteiger partial charge in [0.25, 0.3) is 0 Å². The highest BCUT2D eigenvalue weighted by molar-refractivity contribution is 5.85. The first kappa shape index (κ1) is 28.6. The van der Waals surface area contributed by atoms with Gasteiger partial charge in [0, 0.05) is 26.2 Å². The predicted octanol–water partition coefficient (Wildman–Crippen LogP) is -4.39. The third kappa shape index (κ3) is 22.2. The van der Waals surface area contributed by atoms with Gasteiger partial charge in [-0.1, -0.05) is 0 Å². The number of hydrogen-bond acceptors (Lipinski definition) is 10. The van der Waals surface area contributed by atoms with Gasteiger partial charge in [-0.15, -0.1) is 0 Å². The summed E-state index contributed by atoms with van der Waals surface area (Å²) < 4.78 is 20.7. The smallest absolute Gasteiger partial charge is 0.246 e. The molecule has 31 heavy (non-hydrogen) atoms. The second kappa shape index (κ2) is 22.3. The van der Waals surface area contributed by atoms with Crippen molar-refractivity contribution in [3.8, 4) is 0 Å². The van der Waals surface area contributed by atoms with Crippen LogP contribution < -0.4 is 32.5 Å². The van der Waals surface area contributed by atoms with Crippen molar-refractivity contribution < 1.29 is 38.1 Å². The van der Waals surface area contributed by atoms with Crippen LogP contribution in [0.3, 0.4) is 0 Å². The first-order chi connectivity index (χ1) is 15.1. The summed E-state index contributed by atoms with van der Waals surface area (Å²) in [6.07, 6.45) is 0.593. The summed E-state index contributed by atoms with van der Waals surface area (Å²) >= 11 is 0. The zero-order chi connectivity index (χ0) is 23.0. The standard InChI is InChI=1S/C17H34N6O8/c18-23-2-1-20-15(25)11-22-17(27)13-31-10-8-29-6-4-21-16(26)12-30-9-7-28-5-3-19-14-24/h14,23H,1-13,18H2,(H,19,24)(H,20,25)(H,21,26)(H,22,27). The molecule has 14 nitrogen and oxygen atoms in total. The van der Waals surface area contributed by atoms with Crippen LogP contribution in [0.2, 0.25) is 0 Å². The van der Waals surface area contributed by atoms with Crippen LogP contribution in [0.15, 0.2) is 0 Å². The Morgan fingerprint density at radius 2 is 1.19 bits per heavy atom. The molecule has 0 aromatic carbocycles. The Bertz CT molecular complexity index is 497. The molecular formula is C17H34N6O8. The van der Waals surface area contributed by atoms with Crippen LogP contribution in [0.1, 0.15) is 0 Å². The molecule has 0 aliphatic carbocycles. The van der Waals surface area contributed by atoms with Crippen molar-refractivity contribution in [3.05, 3.63) is 0 Å². The van der Waals surface area contributed by atoms with Crippen LogP contribution in [0, 0.1) is 0 Å². The van der Waals surface area contributed by atoms with Gasteiger partial charge < -0.3 is 40.2 Å². The minimum Gasteiger partial charge on any atom is -0.377 e. The second-order valence-corrected chi connectivity index (χ2v) is 5.83. The minimum atomic E-state index is -0.414. The Hall–Kier alpha value is -2.36. The van der Waals surface area contributed by atoms with E-state index in [1.807, 2.05) is 0 Å². The molecule has 0 saturated carbocycles. The van der Waals surface area contributed by atoms with Crippen molar-refractivity contribution in [1.82, 2.24) is 26.7 Å². The van der Waals surface area contributed by atoms with Gasteiger partial charge in [0.05, 0.1) is 46.2 Å². The van der Waals surface area contributed by atoms with Crippen LogP contribution in [0.25, 0.3) is 0 Å². The highest BCUT2D eigenvalue weighted by Crippen LogP contribution is 1.82. The lowest BCUT2D eigenvalue weighted by atomic mass is 10.5. The topological polar surface area (TPSA) is 191 Å². The molecule has 0 unspecified atom stereocenters. The van der Waals surface area contributed by atoms with E-state index in [1.165, 1.54) is 0 Å². The number of hydrazine groups is 1. The summed E-state index contributed by atoms with van der Waals surface area (Å²) in [4.78, 5) is 44.4. The van der Waals surface area contributed by atoms with Crippen LogP contribution in [-0.4, -0.2) is 110 Å². The summed E-state index contributed by atoms with van der Waals surface area (Å²) in [6, 6.07) is 0. The van der Waals surface area contributed by atoms with Crippen LogP contribution >= 0.6 is 0 Å². The van der Waals surface area contributed by atoms with E-state index < -0.39 is 5.91 Å². The van der Waals surface area contributed by atoms with Crippen LogP contribution in [0.5, 0.6) is 0 Å². The zero-order valence-corrected chi connectivity index (χ0v) is 17.6. The molecule has 0 fully saturated rings. The molecule has 0 radical (unpaired) electrons. The van der Waals surface area contributed by atoms with Gasteiger partial charge in [0.1, 0.15) is 13.2 Å². The molecule has 180 valence electrons. The highest BCUT2D eigenvalue weighted by Gasteiger charge is 2.05. The molecule has 0 rings (SSSR count).